The molecular weight excluding hydrogens is 374 g/mol. The van der Waals surface area contributed by atoms with Gasteiger partial charge in [0.05, 0.1) is 16.8 Å². The Labute approximate surface area is 166 Å². The number of H-pyrrole nitrogens is 1. The van der Waals surface area contributed by atoms with Crippen molar-refractivity contribution in [3.05, 3.63) is 80.9 Å². The zero-order valence-electron chi connectivity index (χ0n) is 16.0. The second-order valence-corrected chi connectivity index (χ2v) is 6.65. The number of rotatable bonds is 6. The van der Waals surface area contributed by atoms with Crippen LogP contribution in [0.5, 0.6) is 0 Å². The van der Waals surface area contributed by atoms with E-state index in [0.717, 1.165) is 10.2 Å². The number of fused-ring (bicyclic) bond motifs is 1. The highest BCUT2D eigenvalue weighted by atomic mass is 16.5. The number of nitrogens with zero attached hydrogens (tertiary/aromatic N) is 1. The molecule has 8 heteroatoms. The zero-order valence-corrected chi connectivity index (χ0v) is 16.0. The predicted octanol–water partition coefficient (Wildman–Crippen LogP) is 1.50. The minimum atomic E-state index is -1.06. The van der Waals surface area contributed by atoms with Crippen LogP contribution in [0.1, 0.15) is 25.5 Å². The molecule has 2 atom stereocenters. The predicted molar refractivity (Wildman–Crippen MR) is 107 cm³/mol. The van der Waals surface area contributed by atoms with Gasteiger partial charge in [-0.25, -0.2) is 4.68 Å². The van der Waals surface area contributed by atoms with E-state index < -0.39 is 35.6 Å². The van der Waals surface area contributed by atoms with E-state index in [1.807, 2.05) is 37.3 Å². The average molecular weight is 395 g/mol. The van der Waals surface area contributed by atoms with Gasteiger partial charge < -0.3 is 10.1 Å². The summed E-state index contributed by atoms with van der Waals surface area (Å²) in [5.41, 5.74) is -0.0953. The number of amides is 1. The Morgan fingerprint density at radius 1 is 1.00 bits per heavy atom. The third kappa shape index (κ3) is 4.60. The molecule has 0 aliphatic rings. The molecule has 0 aliphatic heterocycles. The summed E-state index contributed by atoms with van der Waals surface area (Å²) in [6.07, 6.45) is -1.06. The summed E-state index contributed by atoms with van der Waals surface area (Å²) in [7, 11) is 0. The van der Waals surface area contributed by atoms with Crippen molar-refractivity contribution in [1.82, 2.24) is 15.1 Å². The Kier molecular flexibility index (Phi) is 5.92. The minimum Gasteiger partial charge on any atom is -0.451 e. The number of carbonyl (C=O) groups is 2. The first-order valence-corrected chi connectivity index (χ1v) is 9.13. The van der Waals surface area contributed by atoms with E-state index in [-0.39, 0.29) is 16.8 Å². The maximum atomic E-state index is 12.4. The number of ether oxygens (including phenoxy) is 1. The fraction of sp³-hybridized carbons (Fsp3) is 0.238. The third-order valence-electron chi connectivity index (χ3n) is 4.51. The summed E-state index contributed by atoms with van der Waals surface area (Å²) >= 11 is 0. The molecule has 150 valence electrons. The summed E-state index contributed by atoms with van der Waals surface area (Å²) in [4.78, 5) is 49.0. The first-order valence-electron chi connectivity index (χ1n) is 9.13. The second-order valence-electron chi connectivity index (χ2n) is 6.65. The highest BCUT2D eigenvalue weighted by Crippen LogP contribution is 2.11. The Hall–Kier alpha value is -3.68. The minimum absolute atomic E-state index is 0.200. The van der Waals surface area contributed by atoms with Crippen LogP contribution in [-0.4, -0.2) is 27.8 Å². The van der Waals surface area contributed by atoms with Crippen LogP contribution in [0, 0.1) is 0 Å². The van der Waals surface area contributed by atoms with Crippen LogP contribution in [0.15, 0.2) is 64.2 Å². The van der Waals surface area contributed by atoms with Gasteiger partial charge in [0.15, 0.2) is 6.10 Å². The lowest BCUT2D eigenvalue weighted by Gasteiger charge is -2.18. The number of aromatic nitrogens is 2. The lowest BCUT2D eigenvalue weighted by molar-refractivity contribution is -0.155. The Bertz CT molecular complexity index is 1150. The van der Waals surface area contributed by atoms with Crippen LogP contribution in [0.2, 0.25) is 0 Å². The van der Waals surface area contributed by atoms with Crippen molar-refractivity contribution < 1.29 is 14.3 Å². The van der Waals surface area contributed by atoms with E-state index in [2.05, 4.69) is 10.4 Å². The van der Waals surface area contributed by atoms with Gasteiger partial charge in [0.1, 0.15) is 6.54 Å². The highest BCUT2D eigenvalue weighted by molar-refractivity contribution is 5.84. The summed E-state index contributed by atoms with van der Waals surface area (Å²) in [6.45, 7) is 2.75. The molecular formula is C21H21N3O5. The molecule has 0 spiro atoms. The van der Waals surface area contributed by atoms with Crippen LogP contribution in [-0.2, 0) is 20.9 Å². The maximum absolute atomic E-state index is 12.4. The molecule has 3 rings (SSSR count). The van der Waals surface area contributed by atoms with Crippen LogP contribution in [0.3, 0.4) is 0 Å². The van der Waals surface area contributed by atoms with Gasteiger partial charge in [-0.15, -0.1) is 0 Å². The molecule has 0 bridgehead atoms. The second kappa shape index (κ2) is 8.55. The molecule has 3 aromatic rings. The monoisotopic (exact) mass is 395 g/mol. The van der Waals surface area contributed by atoms with Gasteiger partial charge in [-0.05, 0) is 31.5 Å². The first kappa shape index (κ1) is 20.1. The molecule has 0 saturated carbocycles. The SMILES string of the molecule is CC(OC(=O)Cn1[nH]c(=O)c2ccccc2c1=O)C(=O)NC(C)c1ccccc1. The van der Waals surface area contributed by atoms with Crippen molar-refractivity contribution in [2.45, 2.75) is 32.5 Å². The fourth-order valence-corrected chi connectivity index (χ4v) is 2.93. The largest absolute Gasteiger partial charge is 0.451 e. The number of carbonyl (C=O) groups excluding carboxylic acids is 2. The standard InChI is InChI=1S/C21H21N3O5/c1-13(15-8-4-3-5-9-15)22-19(26)14(2)29-18(25)12-24-21(28)17-11-7-6-10-16(17)20(27)23-24/h3-11,13-14H,12H2,1-2H3,(H,22,26)(H,23,27). The molecule has 0 saturated heterocycles. The fourth-order valence-electron chi connectivity index (χ4n) is 2.93. The zero-order chi connectivity index (χ0) is 21.0. The Morgan fingerprint density at radius 2 is 1.62 bits per heavy atom. The molecule has 0 radical (unpaired) electrons. The molecule has 0 fully saturated rings. The third-order valence-corrected chi connectivity index (χ3v) is 4.51. The van der Waals surface area contributed by atoms with Crippen LogP contribution in [0.4, 0.5) is 0 Å². The molecule has 29 heavy (non-hydrogen) atoms. The maximum Gasteiger partial charge on any atom is 0.328 e. The van der Waals surface area contributed by atoms with Crippen molar-refractivity contribution in [3.63, 3.8) is 0 Å². The number of benzene rings is 2. The van der Waals surface area contributed by atoms with E-state index in [9.17, 15) is 19.2 Å². The van der Waals surface area contributed by atoms with E-state index in [1.54, 1.807) is 12.1 Å². The van der Waals surface area contributed by atoms with E-state index >= 15 is 0 Å². The lowest BCUT2D eigenvalue weighted by Crippen LogP contribution is -2.39. The molecule has 2 unspecified atom stereocenters. The van der Waals surface area contributed by atoms with Crippen molar-refractivity contribution in [3.8, 4) is 0 Å². The van der Waals surface area contributed by atoms with E-state index in [4.69, 9.17) is 4.74 Å². The van der Waals surface area contributed by atoms with E-state index in [0.29, 0.717) is 0 Å². The van der Waals surface area contributed by atoms with Crippen LogP contribution >= 0.6 is 0 Å². The number of hydrogen-bond donors (Lipinski definition) is 2. The molecule has 1 amide bonds. The molecule has 2 N–H and O–H groups in total. The first-order chi connectivity index (χ1) is 13.9. The van der Waals surface area contributed by atoms with Crippen LogP contribution < -0.4 is 16.4 Å². The van der Waals surface area contributed by atoms with Crippen LogP contribution in [0.25, 0.3) is 10.8 Å². The normalized spacial score (nSPS) is 12.9. The number of aromatic amines is 1. The Morgan fingerprint density at radius 3 is 2.31 bits per heavy atom. The molecule has 0 aliphatic carbocycles. The van der Waals surface area contributed by atoms with Crippen molar-refractivity contribution in [2.24, 2.45) is 0 Å². The quantitative estimate of drug-likeness (QED) is 0.615. The van der Waals surface area contributed by atoms with Gasteiger partial charge in [0, 0.05) is 0 Å². The van der Waals surface area contributed by atoms with Gasteiger partial charge >= 0.3 is 5.97 Å². The van der Waals surface area contributed by atoms with E-state index in [1.165, 1.54) is 19.1 Å². The summed E-state index contributed by atoms with van der Waals surface area (Å²) in [5, 5.41) is 5.56. The number of nitrogens with one attached hydrogen (secondary N) is 2. The number of esters is 1. The van der Waals surface area contributed by atoms with Gasteiger partial charge in [-0.2, -0.15) is 0 Å². The summed E-state index contributed by atoms with van der Waals surface area (Å²) in [6, 6.07) is 15.4. The van der Waals surface area contributed by atoms with Crippen molar-refractivity contribution in [2.75, 3.05) is 0 Å². The molecule has 2 aromatic carbocycles. The van der Waals surface area contributed by atoms with Gasteiger partial charge in [0.2, 0.25) is 0 Å². The van der Waals surface area contributed by atoms with Crippen molar-refractivity contribution >= 4 is 22.6 Å². The van der Waals surface area contributed by atoms with Gasteiger partial charge in [0.25, 0.3) is 17.0 Å². The average Bonchev–Trinajstić information content (AvgIpc) is 2.72. The molecule has 1 aromatic heterocycles. The summed E-state index contributed by atoms with van der Waals surface area (Å²) in [5.74, 6) is -1.28. The topological polar surface area (TPSA) is 110 Å². The van der Waals surface area contributed by atoms with Gasteiger partial charge in [-0.1, -0.05) is 42.5 Å². The van der Waals surface area contributed by atoms with Crippen molar-refractivity contribution in [1.29, 1.82) is 0 Å². The molecule has 1 heterocycles. The smallest absolute Gasteiger partial charge is 0.328 e. The lowest BCUT2D eigenvalue weighted by atomic mass is 10.1. The Balaban J connectivity index is 1.65. The van der Waals surface area contributed by atoms with Gasteiger partial charge in [-0.3, -0.25) is 24.3 Å². The summed E-state index contributed by atoms with van der Waals surface area (Å²) < 4.78 is 6.01. The highest BCUT2D eigenvalue weighted by Gasteiger charge is 2.21. The molecule has 8 nitrogen and oxygen atoms in total. The number of hydrogen-bond acceptors (Lipinski definition) is 5.